The molecule has 0 heterocycles. The number of nitrogens with one attached hydrogen (secondary N) is 1. The number of carbonyl (C=O) groups excluding carboxylic acids is 2. The summed E-state index contributed by atoms with van der Waals surface area (Å²) in [5.74, 6) is 0.579. The monoisotopic (exact) mass is 444 g/mol. The molecule has 1 atom stereocenters. The van der Waals surface area contributed by atoms with Crippen LogP contribution in [0, 0.1) is 0 Å². The summed E-state index contributed by atoms with van der Waals surface area (Å²) in [5, 5.41) is 2.93. The highest BCUT2D eigenvalue weighted by molar-refractivity contribution is 5.88. The molecule has 2 amide bonds. The second-order valence-electron chi connectivity index (χ2n) is 7.96. The van der Waals surface area contributed by atoms with Gasteiger partial charge in [-0.25, -0.2) is 0 Å². The number of hydrogen-bond acceptors (Lipinski definition) is 3. The molecule has 172 valence electrons. The molecule has 0 aliphatic carbocycles. The van der Waals surface area contributed by atoms with Crippen LogP contribution in [-0.4, -0.2) is 36.4 Å². The zero-order valence-corrected chi connectivity index (χ0v) is 19.4. The van der Waals surface area contributed by atoms with E-state index >= 15 is 0 Å². The van der Waals surface area contributed by atoms with Crippen LogP contribution < -0.4 is 10.1 Å². The topological polar surface area (TPSA) is 58.6 Å². The average Bonchev–Trinajstić information content (AvgIpc) is 2.86. The first-order valence-corrected chi connectivity index (χ1v) is 11.4. The number of nitrogens with zero attached hydrogens (tertiary/aromatic N) is 1. The van der Waals surface area contributed by atoms with E-state index in [0.29, 0.717) is 32.4 Å². The van der Waals surface area contributed by atoms with Crippen molar-refractivity contribution >= 4 is 11.8 Å². The normalized spacial score (nSPS) is 11.5. The molecule has 0 spiro atoms. The highest BCUT2D eigenvalue weighted by atomic mass is 16.5. The molecule has 0 aliphatic heterocycles. The molecule has 33 heavy (non-hydrogen) atoms. The number of ether oxygens (including phenoxy) is 1. The van der Waals surface area contributed by atoms with Crippen LogP contribution in [0.4, 0.5) is 0 Å². The van der Waals surface area contributed by atoms with Crippen molar-refractivity contribution in [3.8, 4) is 5.75 Å². The lowest BCUT2D eigenvalue weighted by Gasteiger charge is -2.31. The Labute approximate surface area is 196 Å². The number of benzene rings is 3. The van der Waals surface area contributed by atoms with Crippen LogP contribution in [0.15, 0.2) is 84.9 Å². The van der Waals surface area contributed by atoms with Crippen molar-refractivity contribution < 1.29 is 14.3 Å². The minimum absolute atomic E-state index is 0.0399. The molecule has 0 bridgehead atoms. The van der Waals surface area contributed by atoms with E-state index in [1.807, 2.05) is 91.9 Å². The molecule has 3 rings (SSSR count). The molecule has 0 saturated heterocycles. The van der Waals surface area contributed by atoms with Crippen LogP contribution in [0.2, 0.25) is 0 Å². The SMILES string of the molecule is CCNC(=O)[C@@H](Cc1ccccc1)N(Cc1ccc(OC)cc1)C(=O)CCc1ccccc1. The molecular weight excluding hydrogens is 412 g/mol. The molecule has 5 heteroatoms. The van der Waals surface area contributed by atoms with E-state index in [9.17, 15) is 9.59 Å². The van der Waals surface area contributed by atoms with Crippen molar-refractivity contribution in [2.24, 2.45) is 0 Å². The number of likely N-dealkylation sites (N-methyl/N-ethyl adjacent to an activating group) is 1. The number of rotatable bonds is 11. The van der Waals surface area contributed by atoms with Crippen molar-refractivity contribution in [1.82, 2.24) is 10.2 Å². The van der Waals surface area contributed by atoms with Gasteiger partial charge in [0.25, 0.3) is 0 Å². The number of hydrogen-bond donors (Lipinski definition) is 1. The summed E-state index contributed by atoms with van der Waals surface area (Å²) in [6, 6.07) is 26.8. The van der Waals surface area contributed by atoms with Crippen molar-refractivity contribution in [2.45, 2.75) is 38.8 Å². The van der Waals surface area contributed by atoms with Gasteiger partial charge in [-0.05, 0) is 42.2 Å². The first kappa shape index (κ1) is 24.1. The van der Waals surface area contributed by atoms with Gasteiger partial charge in [-0.2, -0.15) is 0 Å². The lowest BCUT2D eigenvalue weighted by Crippen LogP contribution is -2.50. The fourth-order valence-electron chi connectivity index (χ4n) is 3.81. The average molecular weight is 445 g/mol. The highest BCUT2D eigenvalue weighted by Crippen LogP contribution is 2.19. The van der Waals surface area contributed by atoms with Gasteiger partial charge in [-0.3, -0.25) is 9.59 Å². The Morgan fingerprint density at radius 2 is 1.45 bits per heavy atom. The first-order chi connectivity index (χ1) is 16.1. The summed E-state index contributed by atoms with van der Waals surface area (Å²) in [5.41, 5.74) is 3.07. The van der Waals surface area contributed by atoms with Crippen LogP contribution >= 0.6 is 0 Å². The van der Waals surface area contributed by atoms with Crippen molar-refractivity contribution in [3.05, 3.63) is 102 Å². The third kappa shape index (κ3) is 7.21. The Balaban J connectivity index is 1.87. The van der Waals surface area contributed by atoms with E-state index in [0.717, 1.165) is 22.4 Å². The second-order valence-corrected chi connectivity index (χ2v) is 7.96. The summed E-state index contributed by atoms with van der Waals surface area (Å²) in [4.78, 5) is 28.4. The largest absolute Gasteiger partial charge is 0.497 e. The summed E-state index contributed by atoms with van der Waals surface area (Å²) in [6.07, 6.45) is 1.43. The quantitative estimate of drug-likeness (QED) is 0.477. The van der Waals surface area contributed by atoms with Crippen LogP contribution in [0.25, 0.3) is 0 Å². The zero-order chi connectivity index (χ0) is 23.5. The standard InChI is InChI=1S/C28H32N2O3/c1-3-29-28(32)26(20-23-12-8-5-9-13-23)30(21-24-14-17-25(33-2)18-15-24)27(31)19-16-22-10-6-4-7-11-22/h4-15,17-18,26H,3,16,19-21H2,1-2H3,(H,29,32)/t26-/m1/s1. The predicted octanol–water partition coefficient (Wildman–Crippen LogP) is 4.40. The van der Waals surface area contributed by atoms with Gasteiger partial charge < -0.3 is 15.0 Å². The minimum atomic E-state index is -0.599. The maximum Gasteiger partial charge on any atom is 0.243 e. The van der Waals surface area contributed by atoms with E-state index in [1.165, 1.54) is 0 Å². The fraction of sp³-hybridized carbons (Fsp3) is 0.286. The Kier molecular flexibility index (Phi) is 9.07. The predicted molar refractivity (Wildman–Crippen MR) is 131 cm³/mol. The van der Waals surface area contributed by atoms with E-state index in [2.05, 4.69) is 5.32 Å². The zero-order valence-electron chi connectivity index (χ0n) is 19.4. The van der Waals surface area contributed by atoms with Gasteiger partial charge in [-0.15, -0.1) is 0 Å². The summed E-state index contributed by atoms with van der Waals surface area (Å²) in [6.45, 7) is 2.76. The highest BCUT2D eigenvalue weighted by Gasteiger charge is 2.29. The summed E-state index contributed by atoms with van der Waals surface area (Å²) >= 11 is 0. The second kappa shape index (κ2) is 12.4. The summed E-state index contributed by atoms with van der Waals surface area (Å²) < 4.78 is 5.26. The number of aryl methyl sites for hydroxylation is 1. The van der Waals surface area contributed by atoms with Crippen molar-refractivity contribution in [3.63, 3.8) is 0 Å². The van der Waals surface area contributed by atoms with E-state index in [-0.39, 0.29) is 11.8 Å². The number of amides is 2. The molecule has 3 aromatic carbocycles. The fourth-order valence-corrected chi connectivity index (χ4v) is 3.81. The third-order valence-electron chi connectivity index (χ3n) is 5.60. The molecule has 0 unspecified atom stereocenters. The maximum absolute atomic E-state index is 13.5. The molecule has 1 N–H and O–H groups in total. The molecular formula is C28H32N2O3. The van der Waals surface area contributed by atoms with Crippen LogP contribution in [-0.2, 0) is 29.0 Å². The number of carbonyl (C=O) groups is 2. The minimum Gasteiger partial charge on any atom is -0.497 e. The Morgan fingerprint density at radius 3 is 2.03 bits per heavy atom. The maximum atomic E-state index is 13.5. The smallest absolute Gasteiger partial charge is 0.243 e. The number of methoxy groups -OCH3 is 1. The van der Waals surface area contributed by atoms with Gasteiger partial charge in [0.05, 0.1) is 7.11 Å². The Hall–Kier alpha value is -3.60. The van der Waals surface area contributed by atoms with Crippen LogP contribution in [0.1, 0.15) is 30.0 Å². The van der Waals surface area contributed by atoms with E-state index in [1.54, 1.807) is 12.0 Å². The van der Waals surface area contributed by atoms with Crippen molar-refractivity contribution in [2.75, 3.05) is 13.7 Å². The molecule has 0 aromatic heterocycles. The van der Waals surface area contributed by atoms with Gasteiger partial charge >= 0.3 is 0 Å². The van der Waals surface area contributed by atoms with Gasteiger partial charge in [-0.1, -0.05) is 72.8 Å². The van der Waals surface area contributed by atoms with E-state index in [4.69, 9.17) is 4.74 Å². The van der Waals surface area contributed by atoms with Crippen molar-refractivity contribution in [1.29, 1.82) is 0 Å². The molecule has 3 aromatic rings. The Morgan fingerprint density at radius 1 is 0.848 bits per heavy atom. The molecule has 5 nitrogen and oxygen atoms in total. The molecule has 0 aliphatic rings. The van der Waals surface area contributed by atoms with Gasteiger partial charge in [0.1, 0.15) is 11.8 Å². The lowest BCUT2D eigenvalue weighted by atomic mass is 10.0. The molecule has 0 saturated carbocycles. The summed E-state index contributed by atoms with van der Waals surface area (Å²) in [7, 11) is 1.62. The molecule has 0 radical (unpaired) electrons. The van der Waals surface area contributed by atoms with Gasteiger partial charge in [0, 0.05) is 25.9 Å². The van der Waals surface area contributed by atoms with E-state index < -0.39 is 6.04 Å². The Bertz CT molecular complexity index is 1000. The van der Waals surface area contributed by atoms with Crippen LogP contribution in [0.5, 0.6) is 5.75 Å². The van der Waals surface area contributed by atoms with Crippen LogP contribution in [0.3, 0.4) is 0 Å². The first-order valence-electron chi connectivity index (χ1n) is 11.4. The van der Waals surface area contributed by atoms with Gasteiger partial charge in [0.15, 0.2) is 0 Å². The lowest BCUT2D eigenvalue weighted by molar-refractivity contribution is -0.141. The third-order valence-corrected chi connectivity index (χ3v) is 5.60. The molecule has 0 fully saturated rings. The van der Waals surface area contributed by atoms with Gasteiger partial charge in [0.2, 0.25) is 11.8 Å².